The van der Waals surface area contributed by atoms with Crippen molar-refractivity contribution in [2.24, 2.45) is 0 Å². The number of ether oxygens (including phenoxy) is 5. The maximum atomic E-state index is 12.3. The molecule has 10 nitrogen and oxygen atoms in total. The Labute approximate surface area is 174 Å². The van der Waals surface area contributed by atoms with Gasteiger partial charge in [-0.3, -0.25) is 9.59 Å². The van der Waals surface area contributed by atoms with Crippen LogP contribution in [0.4, 0.5) is 4.79 Å². The summed E-state index contributed by atoms with van der Waals surface area (Å²) in [7, 11) is 0. The number of nitrogens with one attached hydrogen (secondary N) is 2. The minimum Gasteiger partial charge on any atom is -0.463 e. The number of benzene rings is 1. The molecule has 1 aromatic carbocycles. The third kappa shape index (κ3) is 5.91. The van der Waals surface area contributed by atoms with Gasteiger partial charge < -0.3 is 34.3 Å². The van der Waals surface area contributed by atoms with Crippen molar-refractivity contribution in [3.05, 3.63) is 35.9 Å². The van der Waals surface area contributed by atoms with Gasteiger partial charge >= 0.3 is 12.1 Å². The number of hydrogen-bond donors (Lipinski definition) is 2. The maximum Gasteiger partial charge on any atom is 0.407 e. The molecule has 0 spiro atoms. The van der Waals surface area contributed by atoms with E-state index in [1.807, 2.05) is 30.3 Å². The maximum absolute atomic E-state index is 12.3. The fraction of sp³-hybridized carbons (Fsp3) is 0.550. The second kappa shape index (κ2) is 9.41. The Morgan fingerprint density at radius 3 is 2.47 bits per heavy atom. The number of carbonyl (C=O) groups excluding carboxylic acids is 3. The van der Waals surface area contributed by atoms with E-state index in [1.165, 1.54) is 6.92 Å². The Balaban J connectivity index is 1.46. The Morgan fingerprint density at radius 1 is 1.07 bits per heavy atom. The molecule has 2 saturated heterocycles. The van der Waals surface area contributed by atoms with Gasteiger partial charge in [0.05, 0.1) is 0 Å². The first-order valence-electron chi connectivity index (χ1n) is 9.62. The second-order valence-electron chi connectivity index (χ2n) is 7.45. The zero-order valence-electron chi connectivity index (χ0n) is 17.1. The van der Waals surface area contributed by atoms with Crippen LogP contribution in [0, 0.1) is 0 Å². The molecule has 3 rings (SSSR count). The number of fused-ring (bicyclic) bond motifs is 1. The van der Waals surface area contributed by atoms with Crippen molar-refractivity contribution in [3.63, 3.8) is 0 Å². The van der Waals surface area contributed by atoms with Gasteiger partial charge in [0.1, 0.15) is 38.1 Å². The fourth-order valence-electron chi connectivity index (χ4n) is 3.27. The van der Waals surface area contributed by atoms with E-state index in [0.717, 1.165) is 5.56 Å². The third-order valence-corrected chi connectivity index (χ3v) is 4.51. The van der Waals surface area contributed by atoms with E-state index in [9.17, 15) is 14.4 Å². The molecule has 0 radical (unpaired) electrons. The van der Waals surface area contributed by atoms with Crippen LogP contribution in [0.2, 0.25) is 0 Å². The normalized spacial score (nSPS) is 26.5. The van der Waals surface area contributed by atoms with Gasteiger partial charge in [-0.05, 0) is 19.4 Å². The first kappa shape index (κ1) is 22.0. The van der Waals surface area contributed by atoms with Gasteiger partial charge in [-0.2, -0.15) is 0 Å². The molecule has 164 valence electrons. The summed E-state index contributed by atoms with van der Waals surface area (Å²) in [5.74, 6) is -1.80. The Kier molecular flexibility index (Phi) is 6.91. The molecule has 30 heavy (non-hydrogen) atoms. The minimum absolute atomic E-state index is 0.0215. The number of rotatable bonds is 7. The first-order valence-corrected chi connectivity index (χ1v) is 9.62. The number of amides is 2. The third-order valence-electron chi connectivity index (χ3n) is 4.51. The van der Waals surface area contributed by atoms with Crippen molar-refractivity contribution in [2.75, 3.05) is 13.2 Å². The predicted octanol–water partition coefficient (Wildman–Crippen LogP) is 0.837. The highest BCUT2D eigenvalue weighted by Gasteiger charge is 2.55. The molecule has 2 heterocycles. The average Bonchev–Trinajstić information content (AvgIpc) is 3.17. The molecule has 0 unspecified atom stereocenters. The SMILES string of the molecule is CC(=O)OC[C@H]1O[C@@H](NC(=O)CNC(=O)OCc2ccccc2)[C@@H]2OC(C)(C)O[C@@H]21. The highest BCUT2D eigenvalue weighted by Crippen LogP contribution is 2.38. The lowest BCUT2D eigenvalue weighted by atomic mass is 10.1. The van der Waals surface area contributed by atoms with Crippen LogP contribution in [0.1, 0.15) is 26.3 Å². The topological polar surface area (TPSA) is 121 Å². The lowest BCUT2D eigenvalue weighted by molar-refractivity contribution is -0.196. The molecule has 0 saturated carbocycles. The van der Waals surface area contributed by atoms with E-state index < -0.39 is 48.3 Å². The van der Waals surface area contributed by atoms with E-state index in [2.05, 4.69) is 10.6 Å². The smallest absolute Gasteiger partial charge is 0.407 e. The van der Waals surface area contributed by atoms with Crippen molar-refractivity contribution in [3.8, 4) is 0 Å². The van der Waals surface area contributed by atoms with Gasteiger partial charge in [-0.15, -0.1) is 0 Å². The highest BCUT2D eigenvalue weighted by atomic mass is 16.8. The quantitative estimate of drug-likeness (QED) is 0.620. The molecule has 4 atom stereocenters. The summed E-state index contributed by atoms with van der Waals surface area (Å²) in [6, 6.07) is 9.19. The molecule has 0 aromatic heterocycles. The second-order valence-corrected chi connectivity index (χ2v) is 7.45. The molecule has 2 amide bonds. The van der Waals surface area contributed by atoms with E-state index >= 15 is 0 Å². The number of alkyl carbamates (subject to hydrolysis) is 1. The van der Waals surface area contributed by atoms with Crippen LogP contribution in [-0.2, 0) is 39.9 Å². The lowest BCUT2D eigenvalue weighted by Crippen LogP contribution is -2.47. The van der Waals surface area contributed by atoms with Crippen LogP contribution >= 0.6 is 0 Å². The zero-order valence-corrected chi connectivity index (χ0v) is 17.1. The molecule has 2 aliphatic rings. The van der Waals surface area contributed by atoms with Crippen molar-refractivity contribution in [2.45, 2.75) is 57.7 Å². The van der Waals surface area contributed by atoms with Gasteiger partial charge in [0, 0.05) is 6.92 Å². The van der Waals surface area contributed by atoms with Gasteiger partial charge in [0.2, 0.25) is 5.91 Å². The first-order chi connectivity index (χ1) is 14.2. The van der Waals surface area contributed by atoms with E-state index in [-0.39, 0.29) is 19.8 Å². The highest BCUT2D eigenvalue weighted by molar-refractivity contribution is 5.82. The molecule has 2 aliphatic heterocycles. The van der Waals surface area contributed by atoms with Gasteiger partial charge in [-0.25, -0.2) is 4.79 Å². The zero-order chi connectivity index (χ0) is 21.7. The molecule has 1 aromatic rings. The van der Waals surface area contributed by atoms with Crippen LogP contribution < -0.4 is 10.6 Å². The van der Waals surface area contributed by atoms with Crippen LogP contribution in [0.3, 0.4) is 0 Å². The number of carbonyl (C=O) groups is 3. The van der Waals surface area contributed by atoms with E-state index in [1.54, 1.807) is 13.8 Å². The number of esters is 1. The molecular formula is C20H26N2O8. The summed E-state index contributed by atoms with van der Waals surface area (Å²) < 4.78 is 27.5. The van der Waals surface area contributed by atoms with Gasteiger partial charge in [0.15, 0.2) is 12.0 Å². The van der Waals surface area contributed by atoms with Crippen LogP contribution in [0.25, 0.3) is 0 Å². The molecule has 0 aliphatic carbocycles. The van der Waals surface area contributed by atoms with Crippen molar-refractivity contribution >= 4 is 18.0 Å². The molecule has 10 heteroatoms. The molecular weight excluding hydrogens is 396 g/mol. The number of hydrogen-bond acceptors (Lipinski definition) is 8. The summed E-state index contributed by atoms with van der Waals surface area (Å²) in [5, 5.41) is 5.04. The van der Waals surface area contributed by atoms with Crippen LogP contribution in [0.15, 0.2) is 30.3 Å². The summed E-state index contributed by atoms with van der Waals surface area (Å²) >= 11 is 0. The monoisotopic (exact) mass is 422 g/mol. The molecule has 2 N–H and O–H groups in total. The molecule has 0 bridgehead atoms. The van der Waals surface area contributed by atoms with Gasteiger partial charge in [-0.1, -0.05) is 30.3 Å². The summed E-state index contributed by atoms with van der Waals surface area (Å²) in [6.07, 6.45) is -3.20. The molecule has 2 fully saturated rings. The van der Waals surface area contributed by atoms with Crippen molar-refractivity contribution in [1.82, 2.24) is 10.6 Å². The Bertz CT molecular complexity index is 769. The standard InChI is InChI=1S/C20H26N2O8/c1-12(23)26-11-14-16-17(30-20(2,3)29-16)18(28-14)22-15(24)9-21-19(25)27-10-13-7-5-4-6-8-13/h4-8,14,16-18H,9-11H2,1-3H3,(H,21,25)(H,22,24)/t14-,16-,17-,18-/m1/s1. The van der Waals surface area contributed by atoms with Gasteiger partial charge in [0.25, 0.3) is 0 Å². The predicted molar refractivity (Wildman–Crippen MR) is 102 cm³/mol. The van der Waals surface area contributed by atoms with Crippen molar-refractivity contribution in [1.29, 1.82) is 0 Å². The Hall–Kier alpha value is -2.69. The van der Waals surface area contributed by atoms with Crippen LogP contribution in [0.5, 0.6) is 0 Å². The Morgan fingerprint density at radius 2 is 1.77 bits per heavy atom. The van der Waals surface area contributed by atoms with E-state index in [4.69, 9.17) is 23.7 Å². The average molecular weight is 422 g/mol. The lowest BCUT2D eigenvalue weighted by Gasteiger charge is -2.24. The fourth-order valence-corrected chi connectivity index (χ4v) is 3.27. The largest absolute Gasteiger partial charge is 0.463 e. The summed E-state index contributed by atoms with van der Waals surface area (Å²) in [5.41, 5.74) is 0.835. The minimum atomic E-state index is -0.865. The summed E-state index contributed by atoms with van der Waals surface area (Å²) in [4.78, 5) is 35.1. The van der Waals surface area contributed by atoms with E-state index in [0.29, 0.717) is 0 Å². The van der Waals surface area contributed by atoms with Crippen molar-refractivity contribution < 1.29 is 38.1 Å². The van der Waals surface area contributed by atoms with Crippen LogP contribution in [-0.4, -0.2) is 61.4 Å². The summed E-state index contributed by atoms with van der Waals surface area (Å²) in [6.45, 7) is 4.57.